The van der Waals surface area contributed by atoms with E-state index < -0.39 is 0 Å². The number of hydrogen-bond donors (Lipinski definition) is 1. The Kier molecular flexibility index (Phi) is 5.18. The van der Waals surface area contributed by atoms with Crippen molar-refractivity contribution < 1.29 is 4.74 Å². The number of nitrogens with zero attached hydrogens (tertiary/aromatic N) is 1. The first kappa shape index (κ1) is 14.0. The molecule has 3 nitrogen and oxygen atoms in total. The van der Waals surface area contributed by atoms with E-state index in [1.807, 2.05) is 11.3 Å². The van der Waals surface area contributed by atoms with Gasteiger partial charge in [-0.1, -0.05) is 6.07 Å². The van der Waals surface area contributed by atoms with E-state index in [2.05, 4.69) is 41.6 Å². The zero-order valence-electron chi connectivity index (χ0n) is 11.4. The van der Waals surface area contributed by atoms with E-state index in [4.69, 9.17) is 4.74 Å². The van der Waals surface area contributed by atoms with Crippen LogP contribution in [0.5, 0.6) is 0 Å². The van der Waals surface area contributed by atoms with Crippen molar-refractivity contribution in [3.63, 3.8) is 0 Å². The molecule has 0 saturated carbocycles. The Morgan fingerprint density at radius 3 is 3.06 bits per heavy atom. The van der Waals surface area contributed by atoms with Crippen molar-refractivity contribution >= 4 is 11.3 Å². The smallest absolute Gasteiger partial charge is 0.0753 e. The average Bonchev–Trinajstić information content (AvgIpc) is 2.80. The lowest BCUT2D eigenvalue weighted by Crippen LogP contribution is -2.49. The summed E-state index contributed by atoms with van der Waals surface area (Å²) in [5.74, 6) is 0. The van der Waals surface area contributed by atoms with Gasteiger partial charge >= 0.3 is 0 Å². The van der Waals surface area contributed by atoms with Crippen molar-refractivity contribution in [2.45, 2.75) is 25.9 Å². The molecule has 0 radical (unpaired) electrons. The first-order valence-corrected chi connectivity index (χ1v) is 7.63. The third-order valence-corrected chi connectivity index (χ3v) is 4.17. The van der Waals surface area contributed by atoms with Crippen LogP contribution in [-0.4, -0.2) is 49.8 Å². The Labute approximate surface area is 114 Å². The van der Waals surface area contributed by atoms with Crippen LogP contribution in [0.25, 0.3) is 0 Å². The molecular weight excluding hydrogens is 244 g/mol. The maximum absolute atomic E-state index is 5.71. The van der Waals surface area contributed by atoms with Gasteiger partial charge in [-0.25, -0.2) is 0 Å². The van der Waals surface area contributed by atoms with Crippen LogP contribution in [0.3, 0.4) is 0 Å². The van der Waals surface area contributed by atoms with Gasteiger partial charge in [-0.2, -0.15) is 0 Å². The number of hydrogen-bond acceptors (Lipinski definition) is 4. The summed E-state index contributed by atoms with van der Waals surface area (Å²) in [5.41, 5.74) is 0.0230. The van der Waals surface area contributed by atoms with Gasteiger partial charge in [-0.15, -0.1) is 11.3 Å². The van der Waals surface area contributed by atoms with Crippen molar-refractivity contribution in [2.75, 3.05) is 39.3 Å². The fourth-order valence-electron chi connectivity index (χ4n) is 2.33. The van der Waals surface area contributed by atoms with Gasteiger partial charge in [0.05, 0.1) is 12.2 Å². The van der Waals surface area contributed by atoms with Crippen molar-refractivity contribution in [1.29, 1.82) is 0 Å². The molecule has 0 atom stereocenters. The van der Waals surface area contributed by atoms with E-state index in [0.717, 1.165) is 45.8 Å². The van der Waals surface area contributed by atoms with E-state index in [1.54, 1.807) is 0 Å². The molecule has 2 heterocycles. The minimum atomic E-state index is 0.0230. The minimum absolute atomic E-state index is 0.0230. The van der Waals surface area contributed by atoms with E-state index in [0.29, 0.717) is 0 Å². The molecule has 4 heteroatoms. The molecule has 102 valence electrons. The van der Waals surface area contributed by atoms with Crippen LogP contribution in [0.4, 0.5) is 0 Å². The molecular formula is C14H24N2OS. The van der Waals surface area contributed by atoms with Crippen LogP contribution in [-0.2, 0) is 11.2 Å². The quantitative estimate of drug-likeness (QED) is 0.799. The summed E-state index contributed by atoms with van der Waals surface area (Å²) in [4.78, 5) is 3.96. The molecule has 1 aromatic rings. The number of rotatable bonds is 6. The molecule has 1 aromatic heterocycles. The summed E-state index contributed by atoms with van der Waals surface area (Å²) in [5, 5.41) is 5.67. The maximum atomic E-state index is 5.71. The molecule has 2 rings (SSSR count). The van der Waals surface area contributed by atoms with Crippen LogP contribution >= 0.6 is 11.3 Å². The highest BCUT2D eigenvalue weighted by Crippen LogP contribution is 2.15. The minimum Gasteiger partial charge on any atom is -0.373 e. The van der Waals surface area contributed by atoms with Gasteiger partial charge in [0.25, 0.3) is 0 Å². The second kappa shape index (κ2) is 6.66. The van der Waals surface area contributed by atoms with Crippen molar-refractivity contribution in [2.24, 2.45) is 0 Å². The Morgan fingerprint density at radius 1 is 1.44 bits per heavy atom. The zero-order valence-corrected chi connectivity index (χ0v) is 12.3. The molecule has 1 N–H and O–H groups in total. The van der Waals surface area contributed by atoms with Gasteiger partial charge in [0.15, 0.2) is 0 Å². The van der Waals surface area contributed by atoms with Gasteiger partial charge in [0, 0.05) is 37.6 Å². The molecule has 0 aromatic carbocycles. The lowest BCUT2D eigenvalue weighted by molar-refractivity contribution is -0.0854. The monoisotopic (exact) mass is 268 g/mol. The number of thiophene rings is 1. The van der Waals surface area contributed by atoms with E-state index >= 15 is 0 Å². The number of morpholine rings is 1. The summed E-state index contributed by atoms with van der Waals surface area (Å²) in [6, 6.07) is 4.33. The van der Waals surface area contributed by atoms with Crippen LogP contribution in [0, 0.1) is 0 Å². The Bertz CT molecular complexity index is 338. The van der Waals surface area contributed by atoms with E-state index in [-0.39, 0.29) is 5.60 Å². The molecule has 0 amide bonds. The topological polar surface area (TPSA) is 24.5 Å². The first-order valence-electron chi connectivity index (χ1n) is 6.75. The van der Waals surface area contributed by atoms with Gasteiger partial charge in [-0.3, -0.25) is 4.90 Å². The molecule has 1 fully saturated rings. The van der Waals surface area contributed by atoms with Gasteiger partial charge in [0.1, 0.15) is 0 Å². The Balaban J connectivity index is 1.55. The summed E-state index contributed by atoms with van der Waals surface area (Å²) in [6.07, 6.45) is 1.15. The van der Waals surface area contributed by atoms with Crippen molar-refractivity contribution in [3.8, 4) is 0 Å². The predicted octanol–water partition coefficient (Wildman–Crippen LogP) is 1.99. The summed E-state index contributed by atoms with van der Waals surface area (Å²) < 4.78 is 5.71. The molecule has 0 spiro atoms. The third kappa shape index (κ3) is 4.69. The molecule has 1 saturated heterocycles. The van der Waals surface area contributed by atoms with Crippen LogP contribution in [0.15, 0.2) is 17.5 Å². The normalized spacial score (nSPS) is 20.1. The van der Waals surface area contributed by atoms with Crippen LogP contribution < -0.4 is 5.32 Å². The molecule has 1 aliphatic heterocycles. The van der Waals surface area contributed by atoms with Gasteiger partial charge in [0.2, 0.25) is 0 Å². The fraction of sp³-hybridized carbons (Fsp3) is 0.714. The summed E-state index contributed by atoms with van der Waals surface area (Å²) >= 11 is 1.84. The Morgan fingerprint density at radius 2 is 2.33 bits per heavy atom. The molecule has 0 unspecified atom stereocenters. The highest BCUT2D eigenvalue weighted by Gasteiger charge is 2.26. The van der Waals surface area contributed by atoms with Crippen LogP contribution in [0.1, 0.15) is 18.7 Å². The highest BCUT2D eigenvalue weighted by molar-refractivity contribution is 7.09. The van der Waals surface area contributed by atoms with Crippen LogP contribution in [0.2, 0.25) is 0 Å². The van der Waals surface area contributed by atoms with E-state index in [1.165, 1.54) is 4.88 Å². The second-order valence-corrected chi connectivity index (χ2v) is 6.50. The molecule has 0 bridgehead atoms. The van der Waals surface area contributed by atoms with Crippen molar-refractivity contribution in [3.05, 3.63) is 22.4 Å². The zero-order chi connectivity index (χ0) is 12.8. The third-order valence-electron chi connectivity index (χ3n) is 3.24. The lowest BCUT2D eigenvalue weighted by atomic mass is 10.1. The highest BCUT2D eigenvalue weighted by atomic mass is 32.1. The maximum Gasteiger partial charge on any atom is 0.0753 e. The second-order valence-electron chi connectivity index (χ2n) is 5.46. The van der Waals surface area contributed by atoms with Gasteiger partial charge < -0.3 is 10.1 Å². The molecule has 0 aliphatic carbocycles. The van der Waals surface area contributed by atoms with E-state index in [9.17, 15) is 0 Å². The largest absolute Gasteiger partial charge is 0.373 e. The summed E-state index contributed by atoms with van der Waals surface area (Å²) in [7, 11) is 0. The lowest BCUT2D eigenvalue weighted by Gasteiger charge is -2.38. The van der Waals surface area contributed by atoms with Crippen molar-refractivity contribution in [1.82, 2.24) is 10.2 Å². The van der Waals surface area contributed by atoms with Gasteiger partial charge in [-0.05, 0) is 31.7 Å². The Hall–Kier alpha value is -0.420. The first-order chi connectivity index (χ1) is 8.66. The predicted molar refractivity (Wildman–Crippen MR) is 77.4 cm³/mol. The number of nitrogens with one attached hydrogen (secondary N) is 1. The molecule has 1 aliphatic rings. The number of ether oxygens (including phenoxy) is 1. The average molecular weight is 268 g/mol. The fourth-order valence-corrected chi connectivity index (χ4v) is 3.04. The molecule has 18 heavy (non-hydrogen) atoms. The standard InChI is InChI=1S/C14H24N2OS/c1-14(2)12-16(9-10-17-14)8-7-15-6-5-13-4-3-11-18-13/h3-4,11,15H,5-10,12H2,1-2H3. The summed E-state index contributed by atoms with van der Waals surface area (Å²) in [6.45, 7) is 10.6. The SMILES string of the molecule is CC1(C)CN(CCNCCc2cccs2)CCO1.